The molecule has 0 fully saturated rings. The summed E-state index contributed by atoms with van der Waals surface area (Å²) in [5.41, 5.74) is 6.62. The fourth-order valence-corrected chi connectivity index (χ4v) is 1.63. The van der Waals surface area contributed by atoms with Crippen molar-refractivity contribution < 1.29 is 0 Å². The zero-order valence-electron chi connectivity index (χ0n) is 10.0. The van der Waals surface area contributed by atoms with Gasteiger partial charge in [0.25, 0.3) is 0 Å². The van der Waals surface area contributed by atoms with E-state index < -0.39 is 0 Å². The van der Waals surface area contributed by atoms with Crippen LogP contribution in [0.15, 0.2) is 6.20 Å². The van der Waals surface area contributed by atoms with E-state index in [4.69, 9.17) is 5.73 Å². The first-order valence-electron chi connectivity index (χ1n) is 5.64. The van der Waals surface area contributed by atoms with Crippen molar-refractivity contribution >= 4 is 5.95 Å². The summed E-state index contributed by atoms with van der Waals surface area (Å²) < 4.78 is 2.22. The first-order valence-corrected chi connectivity index (χ1v) is 5.64. The molecule has 0 unspecified atom stereocenters. The number of anilines is 1. The van der Waals surface area contributed by atoms with Crippen molar-refractivity contribution in [2.75, 3.05) is 25.0 Å². The van der Waals surface area contributed by atoms with Crippen molar-refractivity contribution in [1.82, 2.24) is 9.55 Å². The largest absolute Gasteiger partial charge is 0.344 e. The molecule has 0 atom stereocenters. The maximum atomic E-state index is 5.55. The monoisotopic (exact) mass is 210 g/mol. The highest BCUT2D eigenvalue weighted by molar-refractivity contribution is 5.32. The standard InChI is InChI=1S/C11H22N4/c1-4-5-7-15-9-10(2)13-11(15)14(3)8-6-12/h9H,4-8,12H2,1-3H3. The predicted molar refractivity (Wildman–Crippen MR) is 64.2 cm³/mol. The van der Waals surface area contributed by atoms with Crippen LogP contribution in [0.2, 0.25) is 0 Å². The first kappa shape index (κ1) is 12.0. The highest BCUT2D eigenvalue weighted by Crippen LogP contribution is 2.13. The third-order valence-corrected chi connectivity index (χ3v) is 2.43. The zero-order valence-corrected chi connectivity index (χ0v) is 10.0. The molecule has 4 nitrogen and oxygen atoms in total. The molecule has 86 valence electrons. The fourth-order valence-electron chi connectivity index (χ4n) is 1.63. The molecule has 1 aromatic rings. The Morgan fingerprint density at radius 1 is 1.53 bits per heavy atom. The lowest BCUT2D eigenvalue weighted by Gasteiger charge is -2.18. The lowest BCUT2D eigenvalue weighted by atomic mass is 10.3. The Hall–Kier alpha value is -1.03. The highest BCUT2D eigenvalue weighted by atomic mass is 15.3. The third kappa shape index (κ3) is 3.23. The second-order valence-electron chi connectivity index (χ2n) is 3.94. The highest BCUT2D eigenvalue weighted by Gasteiger charge is 2.08. The fraction of sp³-hybridized carbons (Fsp3) is 0.727. The predicted octanol–water partition coefficient (Wildman–Crippen LogP) is 1.39. The third-order valence-electron chi connectivity index (χ3n) is 2.43. The number of aryl methyl sites for hydroxylation is 2. The van der Waals surface area contributed by atoms with Crippen LogP contribution in [0.4, 0.5) is 5.95 Å². The molecule has 4 heteroatoms. The van der Waals surface area contributed by atoms with E-state index in [1.807, 2.05) is 14.0 Å². The number of nitrogens with two attached hydrogens (primary N) is 1. The second kappa shape index (κ2) is 5.75. The summed E-state index contributed by atoms with van der Waals surface area (Å²) in [4.78, 5) is 6.63. The Morgan fingerprint density at radius 2 is 2.27 bits per heavy atom. The van der Waals surface area contributed by atoms with Crippen molar-refractivity contribution in [3.05, 3.63) is 11.9 Å². The van der Waals surface area contributed by atoms with Gasteiger partial charge in [0.05, 0.1) is 5.69 Å². The molecule has 0 saturated heterocycles. The van der Waals surface area contributed by atoms with Crippen molar-refractivity contribution in [1.29, 1.82) is 0 Å². The maximum absolute atomic E-state index is 5.55. The quantitative estimate of drug-likeness (QED) is 0.771. The molecule has 15 heavy (non-hydrogen) atoms. The van der Waals surface area contributed by atoms with Gasteiger partial charge in [-0.05, 0) is 13.3 Å². The van der Waals surface area contributed by atoms with Crippen molar-refractivity contribution in [3.8, 4) is 0 Å². The number of unbranched alkanes of at least 4 members (excludes halogenated alkanes) is 1. The minimum Gasteiger partial charge on any atom is -0.344 e. The summed E-state index contributed by atoms with van der Waals surface area (Å²) in [6, 6.07) is 0. The number of imidazole rings is 1. The number of hydrogen-bond donors (Lipinski definition) is 1. The summed E-state index contributed by atoms with van der Waals surface area (Å²) in [5, 5.41) is 0. The minimum absolute atomic E-state index is 0.663. The van der Waals surface area contributed by atoms with Crippen LogP contribution in [0.1, 0.15) is 25.5 Å². The molecule has 0 aliphatic carbocycles. The van der Waals surface area contributed by atoms with Gasteiger partial charge < -0.3 is 15.2 Å². The van der Waals surface area contributed by atoms with Crippen LogP contribution in [0.3, 0.4) is 0 Å². The molecule has 1 heterocycles. The molecule has 0 spiro atoms. The molecule has 0 saturated carbocycles. The van der Waals surface area contributed by atoms with Gasteiger partial charge in [-0.15, -0.1) is 0 Å². The van der Waals surface area contributed by atoms with Gasteiger partial charge in [0, 0.05) is 32.9 Å². The van der Waals surface area contributed by atoms with E-state index in [1.54, 1.807) is 0 Å². The maximum Gasteiger partial charge on any atom is 0.205 e. The molecular formula is C11H22N4. The molecule has 2 N–H and O–H groups in total. The number of aromatic nitrogens is 2. The van der Waals surface area contributed by atoms with Crippen molar-refractivity contribution in [3.63, 3.8) is 0 Å². The van der Waals surface area contributed by atoms with Gasteiger partial charge in [-0.2, -0.15) is 0 Å². The number of rotatable bonds is 6. The summed E-state index contributed by atoms with van der Waals surface area (Å²) in [6.45, 7) is 6.79. The van der Waals surface area contributed by atoms with Gasteiger partial charge in [-0.25, -0.2) is 4.98 Å². The Kier molecular flexibility index (Phi) is 4.62. The van der Waals surface area contributed by atoms with E-state index in [2.05, 4.69) is 27.6 Å². The van der Waals surface area contributed by atoms with E-state index in [-0.39, 0.29) is 0 Å². The summed E-state index contributed by atoms with van der Waals surface area (Å²) >= 11 is 0. The lowest BCUT2D eigenvalue weighted by molar-refractivity contribution is 0.623. The van der Waals surface area contributed by atoms with Gasteiger partial charge >= 0.3 is 0 Å². The topological polar surface area (TPSA) is 47.1 Å². The minimum atomic E-state index is 0.663. The Labute approximate surface area is 92.1 Å². The summed E-state index contributed by atoms with van der Waals surface area (Å²) in [5.74, 6) is 1.03. The van der Waals surface area contributed by atoms with Crippen LogP contribution in [0, 0.1) is 6.92 Å². The summed E-state index contributed by atoms with van der Waals surface area (Å²) in [6.07, 6.45) is 4.51. The van der Waals surface area contributed by atoms with Gasteiger partial charge in [-0.1, -0.05) is 13.3 Å². The molecule has 0 aliphatic rings. The van der Waals surface area contributed by atoms with Crippen molar-refractivity contribution in [2.45, 2.75) is 33.2 Å². The molecule has 0 radical (unpaired) electrons. The van der Waals surface area contributed by atoms with Crippen LogP contribution in [-0.4, -0.2) is 29.7 Å². The van der Waals surface area contributed by atoms with Gasteiger partial charge in [0.1, 0.15) is 0 Å². The number of likely N-dealkylation sites (N-methyl/N-ethyl adjacent to an activating group) is 1. The average Bonchev–Trinajstić information content (AvgIpc) is 2.57. The zero-order chi connectivity index (χ0) is 11.3. The Morgan fingerprint density at radius 3 is 2.87 bits per heavy atom. The molecule has 0 aliphatic heterocycles. The Balaban J connectivity index is 2.75. The smallest absolute Gasteiger partial charge is 0.205 e. The van der Waals surface area contributed by atoms with E-state index >= 15 is 0 Å². The van der Waals surface area contributed by atoms with E-state index in [0.717, 1.165) is 24.7 Å². The molecule has 0 aromatic carbocycles. The molecule has 1 rings (SSSR count). The SMILES string of the molecule is CCCCn1cc(C)nc1N(C)CCN. The molecule has 1 aromatic heterocycles. The van der Waals surface area contributed by atoms with Crippen LogP contribution in [-0.2, 0) is 6.54 Å². The van der Waals surface area contributed by atoms with E-state index in [1.165, 1.54) is 12.8 Å². The lowest BCUT2D eigenvalue weighted by Crippen LogP contribution is -2.27. The molecule has 0 bridgehead atoms. The van der Waals surface area contributed by atoms with E-state index in [9.17, 15) is 0 Å². The Bertz CT molecular complexity index is 293. The van der Waals surface area contributed by atoms with Crippen LogP contribution in [0.5, 0.6) is 0 Å². The van der Waals surface area contributed by atoms with Crippen LogP contribution >= 0.6 is 0 Å². The van der Waals surface area contributed by atoms with Gasteiger partial charge in [0.2, 0.25) is 5.95 Å². The van der Waals surface area contributed by atoms with Crippen molar-refractivity contribution in [2.24, 2.45) is 5.73 Å². The number of hydrogen-bond acceptors (Lipinski definition) is 3. The van der Waals surface area contributed by atoms with Gasteiger partial charge in [-0.3, -0.25) is 0 Å². The summed E-state index contributed by atoms with van der Waals surface area (Å²) in [7, 11) is 2.04. The van der Waals surface area contributed by atoms with Crippen LogP contribution in [0.25, 0.3) is 0 Å². The van der Waals surface area contributed by atoms with E-state index in [0.29, 0.717) is 6.54 Å². The van der Waals surface area contributed by atoms with Crippen LogP contribution < -0.4 is 10.6 Å². The normalized spacial score (nSPS) is 10.7. The first-order chi connectivity index (χ1) is 7.19. The molecule has 0 amide bonds. The van der Waals surface area contributed by atoms with Gasteiger partial charge in [0.15, 0.2) is 0 Å². The number of nitrogens with zero attached hydrogens (tertiary/aromatic N) is 3. The molecular weight excluding hydrogens is 188 g/mol. The second-order valence-corrected chi connectivity index (χ2v) is 3.94. The average molecular weight is 210 g/mol.